The number of hydrogen-bond donors (Lipinski definition) is 3. The van der Waals surface area contributed by atoms with Crippen molar-refractivity contribution in [3.63, 3.8) is 0 Å². The number of para-hydroxylation sites is 1. The number of carbonyl (C=O) groups is 1. The normalized spacial score (nSPS) is 10.2. The molecule has 2 aromatic carbocycles. The average molecular weight is 409 g/mol. The van der Waals surface area contributed by atoms with E-state index in [4.69, 9.17) is 0 Å². The van der Waals surface area contributed by atoms with Crippen LogP contribution in [0.5, 0.6) is 0 Å². The number of hydrogen-bond acceptors (Lipinski definition) is 9. The van der Waals surface area contributed by atoms with Gasteiger partial charge in [-0.2, -0.15) is 0 Å². The molecular formula is C18H15N7O5. The van der Waals surface area contributed by atoms with Gasteiger partial charge < -0.3 is 5.32 Å². The molecule has 3 N–H and O–H groups in total. The second-order valence-electron chi connectivity index (χ2n) is 6.02. The van der Waals surface area contributed by atoms with Gasteiger partial charge in [0.2, 0.25) is 11.6 Å². The Balaban J connectivity index is 1.84. The molecule has 0 aliphatic rings. The first-order chi connectivity index (χ1) is 14.4. The molecule has 0 unspecified atom stereocenters. The highest BCUT2D eigenvalue weighted by molar-refractivity contribution is 5.98. The van der Waals surface area contributed by atoms with Crippen molar-refractivity contribution in [2.24, 2.45) is 0 Å². The number of nitrogens with zero attached hydrogens (tertiary/aromatic N) is 4. The van der Waals surface area contributed by atoms with Crippen molar-refractivity contribution in [1.29, 1.82) is 0 Å². The van der Waals surface area contributed by atoms with Crippen LogP contribution in [-0.4, -0.2) is 25.7 Å². The van der Waals surface area contributed by atoms with Gasteiger partial charge in [-0.05, 0) is 25.1 Å². The fourth-order valence-corrected chi connectivity index (χ4v) is 2.52. The molecule has 0 radical (unpaired) electrons. The van der Waals surface area contributed by atoms with E-state index in [1.807, 2.05) is 19.1 Å². The Morgan fingerprint density at radius 3 is 2.27 bits per heavy atom. The van der Waals surface area contributed by atoms with Gasteiger partial charge in [-0.15, -0.1) is 0 Å². The number of nitro benzene ring substituents is 1. The van der Waals surface area contributed by atoms with Crippen LogP contribution in [-0.2, 0) is 0 Å². The summed E-state index contributed by atoms with van der Waals surface area (Å²) in [6, 6.07) is 12.4. The van der Waals surface area contributed by atoms with E-state index < -0.39 is 27.1 Å². The van der Waals surface area contributed by atoms with Crippen molar-refractivity contribution in [3.05, 3.63) is 86.2 Å². The molecule has 1 aromatic heterocycles. The number of nitro groups is 2. The van der Waals surface area contributed by atoms with Crippen LogP contribution in [0, 0.1) is 27.2 Å². The predicted octanol–water partition coefficient (Wildman–Crippen LogP) is 3.10. The van der Waals surface area contributed by atoms with Crippen molar-refractivity contribution >= 4 is 34.6 Å². The van der Waals surface area contributed by atoms with Gasteiger partial charge in [0, 0.05) is 11.8 Å². The summed E-state index contributed by atoms with van der Waals surface area (Å²) >= 11 is 0. The van der Waals surface area contributed by atoms with E-state index in [1.54, 1.807) is 12.1 Å². The van der Waals surface area contributed by atoms with Crippen LogP contribution in [0.25, 0.3) is 0 Å². The van der Waals surface area contributed by atoms with Gasteiger partial charge in [-0.3, -0.25) is 35.9 Å². The molecule has 0 aliphatic carbocycles. The van der Waals surface area contributed by atoms with Gasteiger partial charge in [-0.25, -0.2) is 9.97 Å². The van der Waals surface area contributed by atoms with Crippen molar-refractivity contribution in [1.82, 2.24) is 15.4 Å². The molecule has 0 fully saturated rings. The number of hydrazine groups is 1. The first-order valence-corrected chi connectivity index (χ1v) is 8.49. The maximum atomic E-state index is 12.3. The highest BCUT2D eigenvalue weighted by Crippen LogP contribution is 2.30. The fraction of sp³-hybridized carbons (Fsp3) is 0.0556. The van der Waals surface area contributed by atoms with E-state index in [-0.39, 0.29) is 17.2 Å². The summed E-state index contributed by atoms with van der Waals surface area (Å²) in [5.41, 5.74) is 4.97. The number of anilines is 3. The van der Waals surface area contributed by atoms with Gasteiger partial charge >= 0.3 is 5.69 Å². The third-order valence-electron chi connectivity index (χ3n) is 3.96. The van der Waals surface area contributed by atoms with Gasteiger partial charge in [-0.1, -0.05) is 29.8 Å². The zero-order valence-corrected chi connectivity index (χ0v) is 15.5. The Bertz CT molecular complexity index is 1120. The lowest BCUT2D eigenvalue weighted by Crippen LogP contribution is -2.30. The lowest BCUT2D eigenvalue weighted by Gasteiger charge is -2.11. The molecule has 0 spiro atoms. The summed E-state index contributed by atoms with van der Waals surface area (Å²) in [6.07, 6.45) is 1.07. The van der Waals surface area contributed by atoms with E-state index in [0.29, 0.717) is 5.69 Å². The van der Waals surface area contributed by atoms with Gasteiger partial charge in [0.15, 0.2) is 0 Å². The summed E-state index contributed by atoms with van der Waals surface area (Å²) in [6.45, 7) is 1.90. The topological polar surface area (TPSA) is 165 Å². The van der Waals surface area contributed by atoms with Crippen LogP contribution in [0.4, 0.5) is 28.7 Å². The van der Waals surface area contributed by atoms with Crippen molar-refractivity contribution < 1.29 is 14.6 Å². The number of rotatable bonds is 7. The molecular weight excluding hydrogens is 394 g/mol. The van der Waals surface area contributed by atoms with Crippen LogP contribution < -0.4 is 16.2 Å². The number of amides is 1. The van der Waals surface area contributed by atoms with Crippen LogP contribution >= 0.6 is 0 Å². The Hall–Kier alpha value is -4.61. The van der Waals surface area contributed by atoms with E-state index in [0.717, 1.165) is 11.9 Å². The average Bonchev–Trinajstić information content (AvgIpc) is 2.73. The highest BCUT2D eigenvalue weighted by atomic mass is 16.6. The maximum absolute atomic E-state index is 12.3. The molecule has 3 rings (SSSR count). The van der Waals surface area contributed by atoms with E-state index in [9.17, 15) is 25.0 Å². The molecule has 30 heavy (non-hydrogen) atoms. The molecule has 0 bridgehead atoms. The Morgan fingerprint density at radius 2 is 1.60 bits per heavy atom. The third-order valence-corrected chi connectivity index (χ3v) is 3.96. The molecule has 0 saturated carbocycles. The summed E-state index contributed by atoms with van der Waals surface area (Å²) in [7, 11) is 0. The van der Waals surface area contributed by atoms with Gasteiger partial charge in [0.25, 0.3) is 11.6 Å². The molecule has 0 aliphatic heterocycles. The van der Waals surface area contributed by atoms with Crippen LogP contribution in [0.1, 0.15) is 15.9 Å². The Morgan fingerprint density at radius 1 is 0.933 bits per heavy atom. The van der Waals surface area contributed by atoms with Crippen LogP contribution in [0.15, 0.2) is 54.9 Å². The van der Waals surface area contributed by atoms with Crippen LogP contribution in [0.2, 0.25) is 0 Å². The van der Waals surface area contributed by atoms with E-state index in [1.165, 1.54) is 24.3 Å². The molecule has 12 heteroatoms. The Labute approximate surface area is 169 Å². The number of nitrogens with one attached hydrogen (secondary N) is 3. The second-order valence-corrected chi connectivity index (χ2v) is 6.02. The number of carbonyl (C=O) groups excluding carboxylic acids is 1. The zero-order chi connectivity index (χ0) is 21.7. The molecule has 152 valence electrons. The molecule has 0 saturated heterocycles. The van der Waals surface area contributed by atoms with E-state index in [2.05, 4.69) is 26.1 Å². The minimum absolute atomic E-state index is 0.0960. The third kappa shape index (κ3) is 4.44. The quantitative estimate of drug-likeness (QED) is 0.392. The van der Waals surface area contributed by atoms with E-state index >= 15 is 0 Å². The zero-order valence-electron chi connectivity index (χ0n) is 15.5. The lowest BCUT2D eigenvalue weighted by molar-refractivity contribution is -0.385. The first kappa shape index (κ1) is 20.1. The monoisotopic (exact) mass is 409 g/mol. The largest absolute Gasteiger partial charge is 0.355 e. The fourth-order valence-electron chi connectivity index (χ4n) is 2.52. The summed E-state index contributed by atoms with van der Waals surface area (Å²) in [4.78, 5) is 41.3. The summed E-state index contributed by atoms with van der Waals surface area (Å²) in [5.74, 6) is -1.25. The van der Waals surface area contributed by atoms with Gasteiger partial charge in [0.1, 0.15) is 11.9 Å². The van der Waals surface area contributed by atoms with Crippen molar-refractivity contribution in [2.75, 3.05) is 10.7 Å². The predicted molar refractivity (Wildman–Crippen MR) is 107 cm³/mol. The smallest absolute Gasteiger partial charge is 0.334 e. The molecule has 12 nitrogen and oxygen atoms in total. The second kappa shape index (κ2) is 8.60. The SMILES string of the molecule is Cc1ccc(Nc2ncnc(NNC(=O)c3ccccc3[N+](=O)[O-])c2[N+](=O)[O-])cc1. The number of aryl methyl sites for hydroxylation is 1. The molecule has 3 aromatic rings. The standard InChI is InChI=1S/C18H15N7O5/c1-11-6-8-12(9-7-11)21-16-15(25(29)30)17(20-10-19-16)22-23-18(26)13-4-2-3-5-14(13)24(27)28/h2-10H,1H3,(H,23,26)(H2,19,20,21,22). The number of aromatic nitrogens is 2. The summed E-state index contributed by atoms with van der Waals surface area (Å²) in [5, 5.41) is 25.5. The van der Waals surface area contributed by atoms with Crippen molar-refractivity contribution in [2.45, 2.75) is 6.92 Å². The molecule has 0 atom stereocenters. The maximum Gasteiger partial charge on any atom is 0.355 e. The minimum atomic E-state index is -0.858. The van der Waals surface area contributed by atoms with Crippen LogP contribution in [0.3, 0.4) is 0 Å². The summed E-state index contributed by atoms with van der Waals surface area (Å²) < 4.78 is 0. The van der Waals surface area contributed by atoms with Crippen molar-refractivity contribution in [3.8, 4) is 0 Å². The van der Waals surface area contributed by atoms with Gasteiger partial charge in [0.05, 0.1) is 9.85 Å². The minimum Gasteiger partial charge on any atom is -0.334 e. The number of benzene rings is 2. The Kier molecular flexibility index (Phi) is 5.77. The first-order valence-electron chi connectivity index (χ1n) is 8.49. The highest BCUT2D eigenvalue weighted by Gasteiger charge is 2.25. The molecule has 1 heterocycles. The molecule has 1 amide bonds. The lowest BCUT2D eigenvalue weighted by atomic mass is 10.2.